The van der Waals surface area contributed by atoms with Crippen LogP contribution in [-0.2, 0) is 29.4 Å². The van der Waals surface area contributed by atoms with Crippen LogP contribution in [0.2, 0.25) is 0 Å². The molecule has 2 aliphatic rings. The van der Waals surface area contributed by atoms with Gasteiger partial charge in [0.1, 0.15) is 11.8 Å². The molecule has 33 heavy (non-hydrogen) atoms. The van der Waals surface area contributed by atoms with Crippen molar-refractivity contribution in [2.24, 2.45) is 5.41 Å². The molecule has 0 bridgehead atoms. The zero-order valence-electron chi connectivity index (χ0n) is 18.7. The van der Waals surface area contributed by atoms with Gasteiger partial charge in [0.2, 0.25) is 5.41 Å². The number of ether oxygens (including phenoxy) is 3. The SMILES string of the molecule is CCOC(=O)C1(C(=O)OCC)C[C@H](N2C(=O)c3ccccc3C2=O)O[C@@]1(C)c1ccccc1. The first-order chi connectivity index (χ1) is 15.8. The second kappa shape index (κ2) is 8.44. The van der Waals surface area contributed by atoms with Gasteiger partial charge in [0.05, 0.1) is 24.3 Å². The molecule has 0 radical (unpaired) electrons. The van der Waals surface area contributed by atoms with Crippen molar-refractivity contribution in [2.45, 2.75) is 39.0 Å². The normalized spacial score (nSPS) is 23.4. The molecule has 2 heterocycles. The van der Waals surface area contributed by atoms with Crippen LogP contribution in [0.15, 0.2) is 54.6 Å². The molecule has 172 valence electrons. The van der Waals surface area contributed by atoms with Gasteiger partial charge in [0.25, 0.3) is 11.8 Å². The molecule has 0 saturated carbocycles. The van der Waals surface area contributed by atoms with E-state index in [1.54, 1.807) is 75.4 Å². The maximum absolute atomic E-state index is 13.4. The number of benzene rings is 2. The monoisotopic (exact) mass is 451 g/mol. The number of amides is 2. The van der Waals surface area contributed by atoms with Crippen LogP contribution >= 0.6 is 0 Å². The number of carbonyl (C=O) groups excluding carboxylic acids is 4. The van der Waals surface area contributed by atoms with E-state index in [4.69, 9.17) is 14.2 Å². The van der Waals surface area contributed by atoms with Gasteiger partial charge in [0.15, 0.2) is 0 Å². The van der Waals surface area contributed by atoms with Crippen LogP contribution in [0.4, 0.5) is 0 Å². The number of hydrogen-bond donors (Lipinski definition) is 0. The van der Waals surface area contributed by atoms with E-state index >= 15 is 0 Å². The van der Waals surface area contributed by atoms with Crippen molar-refractivity contribution in [3.63, 3.8) is 0 Å². The average Bonchev–Trinajstić information content (AvgIpc) is 3.27. The van der Waals surface area contributed by atoms with E-state index in [9.17, 15) is 19.2 Å². The summed E-state index contributed by atoms with van der Waals surface area (Å²) in [6.07, 6.45) is -1.47. The fourth-order valence-electron chi connectivity index (χ4n) is 4.70. The lowest BCUT2D eigenvalue weighted by atomic mass is 9.68. The Morgan fingerprint density at radius 3 is 1.88 bits per heavy atom. The van der Waals surface area contributed by atoms with Gasteiger partial charge in [-0.3, -0.25) is 19.2 Å². The summed E-state index contributed by atoms with van der Waals surface area (Å²) < 4.78 is 17.0. The first kappa shape index (κ1) is 22.7. The Balaban J connectivity index is 1.86. The molecule has 1 saturated heterocycles. The highest BCUT2D eigenvalue weighted by Gasteiger charge is 2.70. The Labute approximate surface area is 191 Å². The number of nitrogens with zero attached hydrogens (tertiary/aromatic N) is 1. The molecule has 0 N–H and O–H groups in total. The summed E-state index contributed by atoms with van der Waals surface area (Å²) in [5, 5.41) is 0. The lowest BCUT2D eigenvalue weighted by molar-refractivity contribution is -0.187. The topological polar surface area (TPSA) is 99.2 Å². The van der Waals surface area contributed by atoms with Gasteiger partial charge >= 0.3 is 11.9 Å². The van der Waals surface area contributed by atoms with Crippen molar-refractivity contribution >= 4 is 23.8 Å². The molecule has 2 aromatic rings. The summed E-state index contributed by atoms with van der Waals surface area (Å²) in [6.45, 7) is 4.92. The van der Waals surface area contributed by atoms with Crippen molar-refractivity contribution in [1.82, 2.24) is 4.90 Å². The molecule has 8 nitrogen and oxygen atoms in total. The lowest BCUT2D eigenvalue weighted by Crippen LogP contribution is -2.53. The zero-order valence-corrected chi connectivity index (χ0v) is 18.7. The van der Waals surface area contributed by atoms with Gasteiger partial charge in [-0.1, -0.05) is 42.5 Å². The van der Waals surface area contributed by atoms with Crippen LogP contribution < -0.4 is 0 Å². The third-order valence-electron chi connectivity index (χ3n) is 6.35. The van der Waals surface area contributed by atoms with E-state index in [1.807, 2.05) is 0 Å². The van der Waals surface area contributed by atoms with Crippen molar-refractivity contribution in [2.75, 3.05) is 13.2 Å². The number of imide groups is 1. The molecular weight excluding hydrogens is 426 g/mol. The molecular formula is C25H25NO7. The predicted molar refractivity (Wildman–Crippen MR) is 116 cm³/mol. The average molecular weight is 451 g/mol. The molecule has 0 aromatic heterocycles. The van der Waals surface area contributed by atoms with Crippen molar-refractivity contribution in [3.8, 4) is 0 Å². The zero-order chi connectivity index (χ0) is 23.8. The van der Waals surface area contributed by atoms with Crippen LogP contribution in [0.5, 0.6) is 0 Å². The first-order valence-electron chi connectivity index (χ1n) is 10.9. The highest BCUT2D eigenvalue weighted by molar-refractivity contribution is 6.21. The highest BCUT2D eigenvalue weighted by Crippen LogP contribution is 2.55. The van der Waals surface area contributed by atoms with Crippen LogP contribution in [-0.4, -0.2) is 48.1 Å². The fraction of sp³-hybridized carbons (Fsp3) is 0.360. The summed E-state index contributed by atoms with van der Waals surface area (Å²) in [7, 11) is 0. The Hall–Kier alpha value is -3.52. The minimum absolute atomic E-state index is 0.0303. The molecule has 4 rings (SSSR count). The Bertz CT molecular complexity index is 1060. The molecule has 2 atom stereocenters. The maximum atomic E-state index is 13.4. The quantitative estimate of drug-likeness (QED) is 0.378. The van der Waals surface area contributed by atoms with E-state index in [2.05, 4.69) is 0 Å². The molecule has 2 aliphatic heterocycles. The van der Waals surface area contributed by atoms with Gasteiger partial charge in [0, 0.05) is 6.42 Å². The molecule has 0 aliphatic carbocycles. The number of carbonyl (C=O) groups is 4. The third-order valence-corrected chi connectivity index (χ3v) is 6.35. The predicted octanol–water partition coefficient (Wildman–Crippen LogP) is 3.06. The lowest BCUT2D eigenvalue weighted by Gasteiger charge is -2.38. The van der Waals surface area contributed by atoms with Crippen molar-refractivity contribution < 1.29 is 33.4 Å². The standard InChI is InChI=1S/C25H25NO7/c1-4-31-22(29)25(23(30)32-5-2)15-19(33-24(25,3)16-11-7-6-8-12-16)26-20(27)17-13-9-10-14-18(17)21(26)28/h6-14,19H,4-5,15H2,1-3H3/t19-,24+/m1/s1. The summed E-state index contributed by atoms with van der Waals surface area (Å²) >= 11 is 0. The summed E-state index contributed by atoms with van der Waals surface area (Å²) in [5.41, 5.74) is -2.48. The van der Waals surface area contributed by atoms with Crippen LogP contribution in [0.3, 0.4) is 0 Å². The number of rotatable bonds is 6. The van der Waals surface area contributed by atoms with Gasteiger partial charge in [-0.25, -0.2) is 4.90 Å². The number of hydrogen-bond acceptors (Lipinski definition) is 7. The first-order valence-corrected chi connectivity index (χ1v) is 10.9. The van der Waals surface area contributed by atoms with Crippen LogP contribution in [0.25, 0.3) is 0 Å². The van der Waals surface area contributed by atoms with Gasteiger partial charge in [-0.2, -0.15) is 0 Å². The van der Waals surface area contributed by atoms with E-state index in [1.165, 1.54) is 0 Å². The van der Waals surface area contributed by atoms with E-state index in [0.29, 0.717) is 5.56 Å². The second-order valence-corrected chi connectivity index (χ2v) is 8.05. The molecule has 0 spiro atoms. The largest absolute Gasteiger partial charge is 0.465 e. The van der Waals surface area contributed by atoms with E-state index < -0.39 is 41.0 Å². The number of esters is 2. The molecule has 2 aromatic carbocycles. The Kier molecular flexibility index (Phi) is 5.80. The summed E-state index contributed by atoms with van der Waals surface area (Å²) in [6, 6.07) is 15.2. The molecule has 8 heteroatoms. The minimum atomic E-state index is -1.93. The molecule has 2 amide bonds. The Morgan fingerprint density at radius 2 is 1.39 bits per heavy atom. The summed E-state index contributed by atoms with van der Waals surface area (Å²) in [4.78, 5) is 54.1. The van der Waals surface area contributed by atoms with Crippen molar-refractivity contribution in [1.29, 1.82) is 0 Å². The number of fused-ring (bicyclic) bond motifs is 1. The minimum Gasteiger partial charge on any atom is -0.465 e. The molecule has 0 unspecified atom stereocenters. The van der Waals surface area contributed by atoms with E-state index in [0.717, 1.165) is 4.90 Å². The summed E-state index contributed by atoms with van der Waals surface area (Å²) in [5.74, 6) is -2.73. The van der Waals surface area contributed by atoms with Crippen molar-refractivity contribution in [3.05, 3.63) is 71.3 Å². The van der Waals surface area contributed by atoms with Gasteiger partial charge in [-0.15, -0.1) is 0 Å². The smallest absolute Gasteiger partial charge is 0.327 e. The Morgan fingerprint density at radius 1 is 0.909 bits per heavy atom. The van der Waals surface area contributed by atoms with Crippen LogP contribution in [0.1, 0.15) is 53.5 Å². The van der Waals surface area contributed by atoms with E-state index in [-0.39, 0.29) is 30.8 Å². The fourth-order valence-corrected chi connectivity index (χ4v) is 4.70. The van der Waals surface area contributed by atoms with Gasteiger partial charge in [-0.05, 0) is 38.5 Å². The maximum Gasteiger partial charge on any atom is 0.327 e. The van der Waals surface area contributed by atoms with Crippen LogP contribution in [0, 0.1) is 5.41 Å². The highest BCUT2D eigenvalue weighted by atomic mass is 16.6. The van der Waals surface area contributed by atoms with Gasteiger partial charge < -0.3 is 14.2 Å². The second-order valence-electron chi connectivity index (χ2n) is 8.05. The third kappa shape index (κ3) is 3.24. The molecule has 1 fully saturated rings.